The van der Waals surface area contributed by atoms with Crippen LogP contribution in [0.15, 0.2) is 60.9 Å². The number of benzene rings is 1. The zero-order valence-corrected chi connectivity index (χ0v) is 12.9. The molecule has 3 rings (SSSR count). The SMILES string of the molecule is O=C(CNC(=O)c1ccc2ccccc2n1)NCc1ccncc1. The van der Waals surface area contributed by atoms with Gasteiger partial charge in [-0.25, -0.2) is 4.98 Å². The molecule has 2 N–H and O–H groups in total. The average Bonchev–Trinajstić information content (AvgIpc) is 2.65. The maximum Gasteiger partial charge on any atom is 0.270 e. The molecule has 6 heteroatoms. The average molecular weight is 320 g/mol. The smallest absolute Gasteiger partial charge is 0.270 e. The molecule has 0 aliphatic heterocycles. The van der Waals surface area contributed by atoms with Crippen molar-refractivity contribution >= 4 is 22.7 Å². The van der Waals surface area contributed by atoms with E-state index < -0.39 is 0 Å². The molecule has 0 radical (unpaired) electrons. The molecule has 0 spiro atoms. The van der Waals surface area contributed by atoms with E-state index in [1.54, 1.807) is 18.5 Å². The lowest BCUT2D eigenvalue weighted by molar-refractivity contribution is -0.120. The third-order valence-electron chi connectivity index (χ3n) is 3.48. The van der Waals surface area contributed by atoms with E-state index >= 15 is 0 Å². The number of para-hydroxylation sites is 1. The third kappa shape index (κ3) is 3.92. The molecule has 3 aromatic rings. The molecular weight excluding hydrogens is 304 g/mol. The van der Waals surface area contributed by atoms with Gasteiger partial charge in [0.2, 0.25) is 5.91 Å². The van der Waals surface area contributed by atoms with Crippen LogP contribution in [-0.4, -0.2) is 28.3 Å². The molecule has 1 aromatic carbocycles. The molecule has 0 aliphatic carbocycles. The molecule has 0 atom stereocenters. The van der Waals surface area contributed by atoms with Crippen LogP contribution in [0.5, 0.6) is 0 Å². The highest BCUT2D eigenvalue weighted by Gasteiger charge is 2.10. The van der Waals surface area contributed by atoms with E-state index in [4.69, 9.17) is 0 Å². The van der Waals surface area contributed by atoms with Crippen LogP contribution in [0.1, 0.15) is 16.1 Å². The summed E-state index contributed by atoms with van der Waals surface area (Å²) in [6, 6.07) is 14.7. The normalized spacial score (nSPS) is 10.3. The van der Waals surface area contributed by atoms with Crippen LogP contribution in [0.25, 0.3) is 10.9 Å². The topological polar surface area (TPSA) is 84.0 Å². The van der Waals surface area contributed by atoms with E-state index in [9.17, 15) is 9.59 Å². The van der Waals surface area contributed by atoms with Crippen molar-refractivity contribution in [2.45, 2.75) is 6.54 Å². The van der Waals surface area contributed by atoms with E-state index in [1.807, 2.05) is 42.5 Å². The first-order valence-corrected chi connectivity index (χ1v) is 7.52. The minimum atomic E-state index is -0.375. The molecule has 0 fully saturated rings. The molecular formula is C18H16N4O2. The van der Waals surface area contributed by atoms with Crippen LogP contribution in [0, 0.1) is 0 Å². The monoisotopic (exact) mass is 320 g/mol. The fraction of sp³-hybridized carbons (Fsp3) is 0.111. The zero-order valence-electron chi connectivity index (χ0n) is 12.9. The van der Waals surface area contributed by atoms with Crippen molar-refractivity contribution in [2.75, 3.05) is 6.54 Å². The number of nitrogens with zero attached hydrogens (tertiary/aromatic N) is 2. The highest BCUT2D eigenvalue weighted by atomic mass is 16.2. The summed E-state index contributed by atoms with van der Waals surface area (Å²) in [5.41, 5.74) is 1.98. The maximum absolute atomic E-state index is 12.1. The van der Waals surface area contributed by atoms with Gasteiger partial charge < -0.3 is 10.6 Å². The summed E-state index contributed by atoms with van der Waals surface area (Å²) in [6.07, 6.45) is 3.32. The molecule has 0 bridgehead atoms. The van der Waals surface area contributed by atoms with E-state index in [0.717, 1.165) is 16.5 Å². The van der Waals surface area contributed by atoms with Gasteiger partial charge in [-0.2, -0.15) is 0 Å². The number of amides is 2. The van der Waals surface area contributed by atoms with Gasteiger partial charge in [-0.1, -0.05) is 24.3 Å². The molecule has 0 saturated heterocycles. The lowest BCUT2D eigenvalue weighted by Crippen LogP contribution is -2.36. The van der Waals surface area contributed by atoms with Crippen molar-refractivity contribution in [1.82, 2.24) is 20.6 Å². The van der Waals surface area contributed by atoms with Gasteiger partial charge in [-0.15, -0.1) is 0 Å². The summed E-state index contributed by atoms with van der Waals surface area (Å²) in [5.74, 6) is -0.638. The highest BCUT2D eigenvalue weighted by molar-refractivity contribution is 5.96. The Morgan fingerprint density at radius 3 is 2.54 bits per heavy atom. The minimum Gasteiger partial charge on any atom is -0.350 e. The summed E-state index contributed by atoms with van der Waals surface area (Å²) in [6.45, 7) is 0.296. The summed E-state index contributed by atoms with van der Waals surface area (Å²) in [4.78, 5) is 32.1. The Labute approximate surface area is 138 Å². The Morgan fingerprint density at radius 2 is 1.71 bits per heavy atom. The number of hydrogen-bond acceptors (Lipinski definition) is 4. The van der Waals surface area contributed by atoms with E-state index in [-0.39, 0.29) is 24.1 Å². The van der Waals surface area contributed by atoms with Crippen molar-refractivity contribution in [2.24, 2.45) is 0 Å². The molecule has 2 amide bonds. The number of rotatable bonds is 5. The van der Waals surface area contributed by atoms with Crippen LogP contribution in [-0.2, 0) is 11.3 Å². The van der Waals surface area contributed by atoms with Crippen LogP contribution in [0.4, 0.5) is 0 Å². The van der Waals surface area contributed by atoms with Gasteiger partial charge in [-0.05, 0) is 29.8 Å². The van der Waals surface area contributed by atoms with Gasteiger partial charge >= 0.3 is 0 Å². The van der Waals surface area contributed by atoms with Gasteiger partial charge in [0.1, 0.15) is 5.69 Å². The molecule has 0 unspecified atom stereocenters. The highest BCUT2D eigenvalue weighted by Crippen LogP contribution is 2.11. The van der Waals surface area contributed by atoms with Gasteiger partial charge in [0.25, 0.3) is 5.91 Å². The Balaban J connectivity index is 1.53. The second-order valence-corrected chi connectivity index (χ2v) is 5.20. The zero-order chi connectivity index (χ0) is 16.8. The van der Waals surface area contributed by atoms with Crippen LogP contribution < -0.4 is 10.6 Å². The number of carbonyl (C=O) groups is 2. The molecule has 24 heavy (non-hydrogen) atoms. The van der Waals surface area contributed by atoms with Crippen molar-refractivity contribution in [3.8, 4) is 0 Å². The predicted molar refractivity (Wildman–Crippen MR) is 90.2 cm³/mol. The van der Waals surface area contributed by atoms with Crippen molar-refractivity contribution in [1.29, 1.82) is 0 Å². The number of nitrogens with one attached hydrogen (secondary N) is 2. The Morgan fingerprint density at radius 1 is 0.917 bits per heavy atom. The van der Waals surface area contributed by atoms with Gasteiger partial charge in [0, 0.05) is 24.3 Å². The second-order valence-electron chi connectivity index (χ2n) is 5.20. The summed E-state index contributed by atoms with van der Waals surface area (Å²) in [7, 11) is 0. The number of pyridine rings is 2. The standard InChI is InChI=1S/C18H16N4O2/c23-17(20-11-13-7-9-19-10-8-13)12-21-18(24)16-6-5-14-3-1-2-4-15(14)22-16/h1-10H,11-12H2,(H,20,23)(H,21,24). The molecule has 0 aliphatic rings. The Bertz CT molecular complexity index is 865. The van der Waals surface area contributed by atoms with Gasteiger partial charge in [-0.3, -0.25) is 14.6 Å². The number of carbonyl (C=O) groups excluding carboxylic acids is 2. The Hall–Kier alpha value is -3.28. The first-order chi connectivity index (χ1) is 11.7. The maximum atomic E-state index is 12.1. The molecule has 120 valence electrons. The van der Waals surface area contributed by atoms with Crippen molar-refractivity contribution < 1.29 is 9.59 Å². The lowest BCUT2D eigenvalue weighted by Gasteiger charge is -2.07. The van der Waals surface area contributed by atoms with Gasteiger partial charge in [0.15, 0.2) is 0 Å². The van der Waals surface area contributed by atoms with E-state index in [0.29, 0.717) is 6.54 Å². The predicted octanol–water partition coefficient (Wildman–Crippen LogP) is 1.68. The molecule has 0 saturated carbocycles. The quantitative estimate of drug-likeness (QED) is 0.749. The van der Waals surface area contributed by atoms with Crippen LogP contribution in [0.3, 0.4) is 0 Å². The Kier molecular flexibility index (Phi) is 4.76. The summed E-state index contributed by atoms with van der Waals surface area (Å²) in [5, 5.41) is 6.27. The summed E-state index contributed by atoms with van der Waals surface area (Å²) < 4.78 is 0. The largest absolute Gasteiger partial charge is 0.350 e. The van der Waals surface area contributed by atoms with Crippen LogP contribution >= 0.6 is 0 Å². The fourth-order valence-corrected chi connectivity index (χ4v) is 2.21. The molecule has 6 nitrogen and oxygen atoms in total. The van der Waals surface area contributed by atoms with Gasteiger partial charge in [0.05, 0.1) is 12.1 Å². The first-order valence-electron chi connectivity index (χ1n) is 7.52. The molecule has 2 heterocycles. The van der Waals surface area contributed by atoms with E-state index in [2.05, 4.69) is 20.6 Å². The first kappa shape index (κ1) is 15.6. The fourth-order valence-electron chi connectivity index (χ4n) is 2.21. The second kappa shape index (κ2) is 7.32. The minimum absolute atomic E-state index is 0.0988. The molecule has 2 aromatic heterocycles. The van der Waals surface area contributed by atoms with Crippen molar-refractivity contribution in [3.63, 3.8) is 0 Å². The third-order valence-corrected chi connectivity index (χ3v) is 3.48. The lowest BCUT2D eigenvalue weighted by atomic mass is 10.2. The summed E-state index contributed by atoms with van der Waals surface area (Å²) >= 11 is 0. The number of hydrogen-bond donors (Lipinski definition) is 2. The van der Waals surface area contributed by atoms with E-state index in [1.165, 1.54) is 0 Å². The van der Waals surface area contributed by atoms with Crippen LogP contribution in [0.2, 0.25) is 0 Å². The number of aromatic nitrogens is 2. The number of fused-ring (bicyclic) bond motifs is 1. The van der Waals surface area contributed by atoms with Crippen molar-refractivity contribution in [3.05, 3.63) is 72.2 Å².